The number of hydrogen-bond acceptors (Lipinski definition) is 2. The molecule has 0 atom stereocenters. The minimum Gasteiger partial charge on any atom is -0.396 e. The molecule has 1 N–H and O–H groups in total. The maximum atomic E-state index is 11.6. The van der Waals surface area contributed by atoms with Crippen LogP contribution in [0, 0.1) is 0 Å². The Morgan fingerprint density at radius 1 is 1.21 bits per heavy atom. The van der Waals surface area contributed by atoms with Crippen LogP contribution >= 0.6 is 0 Å². The lowest BCUT2D eigenvalue weighted by molar-refractivity contribution is -0.131. The van der Waals surface area contributed by atoms with Crippen LogP contribution in [-0.2, 0) is 4.79 Å². The highest BCUT2D eigenvalue weighted by Gasteiger charge is 2.09. The summed E-state index contributed by atoms with van der Waals surface area (Å²) in [6, 6.07) is 0. The summed E-state index contributed by atoms with van der Waals surface area (Å²) >= 11 is 0. The van der Waals surface area contributed by atoms with Crippen LogP contribution in [0.4, 0.5) is 0 Å². The molecule has 0 saturated carbocycles. The molecule has 0 aromatic heterocycles. The van der Waals surface area contributed by atoms with E-state index >= 15 is 0 Å². The van der Waals surface area contributed by atoms with Gasteiger partial charge >= 0.3 is 0 Å². The Morgan fingerprint density at radius 2 is 1.93 bits per heavy atom. The maximum Gasteiger partial charge on any atom is 0.222 e. The zero-order chi connectivity index (χ0) is 10.8. The third-order valence-corrected chi connectivity index (χ3v) is 2.31. The Bertz CT molecular complexity index is 148. The van der Waals surface area contributed by atoms with Crippen LogP contribution in [0.1, 0.15) is 46.0 Å². The van der Waals surface area contributed by atoms with E-state index in [-0.39, 0.29) is 12.5 Å². The second-order valence-corrected chi connectivity index (χ2v) is 3.51. The van der Waals surface area contributed by atoms with Gasteiger partial charge in [0.2, 0.25) is 5.91 Å². The van der Waals surface area contributed by atoms with Crippen molar-refractivity contribution in [3.8, 4) is 0 Å². The lowest BCUT2D eigenvalue weighted by atomic mass is 10.2. The molecule has 0 aromatic carbocycles. The van der Waals surface area contributed by atoms with Crippen molar-refractivity contribution in [3.63, 3.8) is 0 Å². The van der Waals surface area contributed by atoms with Crippen molar-refractivity contribution in [3.05, 3.63) is 0 Å². The van der Waals surface area contributed by atoms with Crippen molar-refractivity contribution < 1.29 is 9.90 Å². The predicted molar refractivity (Wildman–Crippen MR) is 58.1 cm³/mol. The van der Waals surface area contributed by atoms with Crippen molar-refractivity contribution in [2.45, 2.75) is 46.0 Å². The predicted octanol–water partition coefficient (Wildman–Crippen LogP) is 1.80. The molecule has 0 aliphatic heterocycles. The fourth-order valence-electron chi connectivity index (χ4n) is 1.41. The van der Waals surface area contributed by atoms with Gasteiger partial charge in [-0.15, -0.1) is 0 Å². The Balaban J connectivity index is 3.67. The molecule has 0 heterocycles. The standard InChI is InChI=1S/C11H23NO2/c1-3-5-6-8-11(14)12(4-2)9-7-10-13/h13H,3-10H2,1-2H3. The molecule has 0 aliphatic carbocycles. The summed E-state index contributed by atoms with van der Waals surface area (Å²) in [4.78, 5) is 13.4. The smallest absolute Gasteiger partial charge is 0.222 e. The summed E-state index contributed by atoms with van der Waals surface area (Å²) in [5.41, 5.74) is 0. The van der Waals surface area contributed by atoms with Gasteiger partial charge in [-0.05, 0) is 19.8 Å². The van der Waals surface area contributed by atoms with Crippen LogP contribution in [0.25, 0.3) is 0 Å². The highest BCUT2D eigenvalue weighted by Crippen LogP contribution is 2.03. The van der Waals surface area contributed by atoms with Crippen LogP contribution in [0.5, 0.6) is 0 Å². The van der Waals surface area contributed by atoms with Gasteiger partial charge in [-0.1, -0.05) is 19.8 Å². The summed E-state index contributed by atoms with van der Waals surface area (Å²) in [5, 5.41) is 8.67. The molecule has 0 radical (unpaired) electrons. The molecule has 0 bridgehead atoms. The highest BCUT2D eigenvalue weighted by atomic mass is 16.3. The first-order valence-corrected chi connectivity index (χ1v) is 5.64. The average Bonchev–Trinajstić information content (AvgIpc) is 2.19. The number of hydrogen-bond donors (Lipinski definition) is 1. The third-order valence-electron chi connectivity index (χ3n) is 2.31. The van der Waals surface area contributed by atoms with E-state index in [9.17, 15) is 4.79 Å². The zero-order valence-electron chi connectivity index (χ0n) is 9.46. The molecular weight excluding hydrogens is 178 g/mol. The van der Waals surface area contributed by atoms with Crippen LogP contribution < -0.4 is 0 Å². The molecule has 0 spiro atoms. The minimum absolute atomic E-state index is 0.165. The first kappa shape index (κ1) is 13.4. The van der Waals surface area contributed by atoms with Crippen molar-refractivity contribution >= 4 is 5.91 Å². The van der Waals surface area contributed by atoms with Gasteiger partial charge in [0.1, 0.15) is 0 Å². The largest absolute Gasteiger partial charge is 0.396 e. The zero-order valence-corrected chi connectivity index (χ0v) is 9.46. The molecule has 3 nitrogen and oxygen atoms in total. The first-order chi connectivity index (χ1) is 6.76. The van der Waals surface area contributed by atoms with Crippen molar-refractivity contribution in [1.29, 1.82) is 0 Å². The molecule has 0 aromatic rings. The van der Waals surface area contributed by atoms with Gasteiger partial charge in [-0.3, -0.25) is 4.79 Å². The summed E-state index contributed by atoms with van der Waals surface area (Å²) in [5.74, 6) is 0.231. The second kappa shape index (κ2) is 9.00. The Kier molecular flexibility index (Phi) is 8.64. The number of nitrogens with zero attached hydrogens (tertiary/aromatic N) is 1. The normalized spacial score (nSPS) is 10.2. The van der Waals surface area contributed by atoms with E-state index in [1.807, 2.05) is 11.8 Å². The number of carbonyl (C=O) groups excluding carboxylic acids is 1. The summed E-state index contributed by atoms with van der Waals surface area (Å²) in [7, 11) is 0. The second-order valence-electron chi connectivity index (χ2n) is 3.51. The van der Waals surface area contributed by atoms with Gasteiger partial charge in [0, 0.05) is 26.1 Å². The fourth-order valence-corrected chi connectivity index (χ4v) is 1.41. The number of aliphatic hydroxyl groups excluding tert-OH is 1. The van der Waals surface area contributed by atoms with Crippen LogP contribution in [0.2, 0.25) is 0 Å². The van der Waals surface area contributed by atoms with E-state index in [0.29, 0.717) is 19.4 Å². The van der Waals surface area contributed by atoms with E-state index in [1.165, 1.54) is 0 Å². The molecule has 14 heavy (non-hydrogen) atoms. The van der Waals surface area contributed by atoms with Gasteiger partial charge in [0.15, 0.2) is 0 Å². The SMILES string of the molecule is CCCCCC(=O)N(CC)CCCO. The molecule has 0 aliphatic rings. The van der Waals surface area contributed by atoms with Crippen molar-refractivity contribution in [1.82, 2.24) is 4.90 Å². The van der Waals surface area contributed by atoms with E-state index in [2.05, 4.69) is 6.92 Å². The number of aliphatic hydroxyl groups is 1. The van der Waals surface area contributed by atoms with Gasteiger partial charge in [-0.25, -0.2) is 0 Å². The fraction of sp³-hybridized carbons (Fsp3) is 0.909. The lowest BCUT2D eigenvalue weighted by Gasteiger charge is -2.20. The van der Waals surface area contributed by atoms with Crippen LogP contribution in [0.3, 0.4) is 0 Å². The molecule has 84 valence electrons. The van der Waals surface area contributed by atoms with E-state index in [1.54, 1.807) is 0 Å². The van der Waals surface area contributed by atoms with Crippen LogP contribution in [0.15, 0.2) is 0 Å². The van der Waals surface area contributed by atoms with Gasteiger partial charge in [0.05, 0.1) is 0 Å². The summed E-state index contributed by atoms with van der Waals surface area (Å²) in [6.07, 6.45) is 4.62. The first-order valence-electron chi connectivity index (χ1n) is 5.64. The number of rotatable bonds is 8. The molecule has 3 heteroatoms. The quantitative estimate of drug-likeness (QED) is 0.608. The summed E-state index contributed by atoms with van der Waals surface area (Å²) in [6.45, 7) is 5.73. The monoisotopic (exact) mass is 201 g/mol. The number of amides is 1. The molecule has 0 unspecified atom stereocenters. The maximum absolute atomic E-state index is 11.6. The lowest BCUT2D eigenvalue weighted by Crippen LogP contribution is -2.31. The number of carbonyl (C=O) groups is 1. The summed E-state index contributed by atoms with van der Waals surface area (Å²) < 4.78 is 0. The van der Waals surface area contributed by atoms with Gasteiger partial charge in [-0.2, -0.15) is 0 Å². The highest BCUT2D eigenvalue weighted by molar-refractivity contribution is 5.76. The molecule has 0 saturated heterocycles. The number of unbranched alkanes of at least 4 members (excludes halogenated alkanes) is 2. The van der Waals surface area contributed by atoms with Crippen molar-refractivity contribution in [2.75, 3.05) is 19.7 Å². The Hall–Kier alpha value is -0.570. The van der Waals surface area contributed by atoms with Crippen LogP contribution in [-0.4, -0.2) is 35.6 Å². The van der Waals surface area contributed by atoms with E-state index in [4.69, 9.17) is 5.11 Å². The van der Waals surface area contributed by atoms with E-state index < -0.39 is 0 Å². The van der Waals surface area contributed by atoms with Gasteiger partial charge in [0.25, 0.3) is 0 Å². The molecule has 0 fully saturated rings. The molecule has 0 rings (SSSR count). The third kappa shape index (κ3) is 5.97. The topological polar surface area (TPSA) is 40.5 Å². The van der Waals surface area contributed by atoms with Crippen molar-refractivity contribution in [2.24, 2.45) is 0 Å². The molecule has 1 amide bonds. The Labute approximate surface area is 87.1 Å². The molecular formula is C11H23NO2. The minimum atomic E-state index is 0.165. The van der Waals surface area contributed by atoms with E-state index in [0.717, 1.165) is 25.8 Å². The average molecular weight is 201 g/mol. The van der Waals surface area contributed by atoms with Gasteiger partial charge < -0.3 is 10.0 Å². The Morgan fingerprint density at radius 3 is 2.43 bits per heavy atom.